The molecule has 0 saturated carbocycles. The van der Waals surface area contributed by atoms with Gasteiger partial charge in [-0.15, -0.1) is 0 Å². The molecular formula is C12H18F3N5. The summed E-state index contributed by atoms with van der Waals surface area (Å²) in [6, 6.07) is 0. The number of nitrogens with zero attached hydrogens (tertiary/aromatic N) is 4. The lowest BCUT2D eigenvalue weighted by molar-refractivity contribution is -0.142. The summed E-state index contributed by atoms with van der Waals surface area (Å²) in [5.41, 5.74) is -0.718. The Morgan fingerprint density at radius 2 is 2.05 bits per heavy atom. The summed E-state index contributed by atoms with van der Waals surface area (Å²) in [6.07, 6.45) is -0.884. The fourth-order valence-corrected chi connectivity index (χ4v) is 2.34. The van der Waals surface area contributed by atoms with Crippen LogP contribution in [0.3, 0.4) is 0 Å². The minimum atomic E-state index is -4.44. The van der Waals surface area contributed by atoms with Crippen LogP contribution in [0.2, 0.25) is 0 Å². The molecule has 1 fully saturated rings. The first kappa shape index (κ1) is 14.7. The summed E-state index contributed by atoms with van der Waals surface area (Å²) in [4.78, 5) is 6.15. The zero-order chi connectivity index (χ0) is 14.8. The van der Waals surface area contributed by atoms with Gasteiger partial charge in [0.1, 0.15) is 0 Å². The van der Waals surface area contributed by atoms with Crippen LogP contribution in [-0.2, 0) is 19.8 Å². The molecule has 2 heterocycles. The molecule has 0 spiro atoms. The van der Waals surface area contributed by atoms with Crippen molar-refractivity contribution in [2.24, 2.45) is 12.0 Å². The average molecular weight is 289 g/mol. The maximum absolute atomic E-state index is 12.8. The number of aliphatic imine (C=N–C) groups is 1. The molecule has 0 atom stereocenters. The van der Waals surface area contributed by atoms with E-state index < -0.39 is 11.9 Å². The van der Waals surface area contributed by atoms with Gasteiger partial charge in [0.05, 0.1) is 0 Å². The maximum atomic E-state index is 12.8. The number of halogens is 3. The highest BCUT2D eigenvalue weighted by Gasteiger charge is 2.36. The van der Waals surface area contributed by atoms with E-state index in [-0.39, 0.29) is 12.1 Å². The van der Waals surface area contributed by atoms with E-state index in [9.17, 15) is 13.2 Å². The fourth-order valence-electron chi connectivity index (χ4n) is 2.34. The Morgan fingerprint density at radius 1 is 1.40 bits per heavy atom. The number of likely N-dealkylation sites (tertiary alicyclic amines) is 1. The molecule has 1 aromatic heterocycles. The van der Waals surface area contributed by atoms with Gasteiger partial charge in [-0.25, -0.2) is 0 Å². The van der Waals surface area contributed by atoms with E-state index >= 15 is 0 Å². The Labute approximate surface area is 115 Å². The molecule has 0 amide bonds. The van der Waals surface area contributed by atoms with E-state index in [2.05, 4.69) is 15.4 Å². The standard InChI is InChI=1S/C12H18F3N5/c1-16-11(20-5-3-4-6-20)17-7-9-8-19(2)18-10(9)12(13,14)15/h8H,3-7H2,1-2H3,(H,16,17). The third kappa shape index (κ3) is 3.23. The van der Waals surface area contributed by atoms with Crippen LogP contribution < -0.4 is 5.32 Å². The third-order valence-corrected chi connectivity index (χ3v) is 3.23. The van der Waals surface area contributed by atoms with E-state index in [0.29, 0.717) is 5.96 Å². The Balaban J connectivity index is 2.06. The zero-order valence-electron chi connectivity index (χ0n) is 11.5. The van der Waals surface area contributed by atoms with Gasteiger partial charge in [-0.1, -0.05) is 0 Å². The van der Waals surface area contributed by atoms with Crippen molar-refractivity contribution >= 4 is 5.96 Å². The molecule has 20 heavy (non-hydrogen) atoms. The van der Waals surface area contributed by atoms with Gasteiger partial charge in [0.15, 0.2) is 11.7 Å². The van der Waals surface area contributed by atoms with E-state index in [1.54, 1.807) is 7.05 Å². The number of rotatable bonds is 2. The predicted molar refractivity (Wildman–Crippen MR) is 69.2 cm³/mol. The number of nitrogens with one attached hydrogen (secondary N) is 1. The number of alkyl halides is 3. The molecule has 1 aliphatic rings. The highest BCUT2D eigenvalue weighted by Crippen LogP contribution is 2.30. The topological polar surface area (TPSA) is 45.5 Å². The van der Waals surface area contributed by atoms with Gasteiger partial charge in [-0.3, -0.25) is 9.67 Å². The normalized spacial score (nSPS) is 16.9. The van der Waals surface area contributed by atoms with Crippen LogP contribution in [0, 0.1) is 0 Å². The molecule has 1 saturated heterocycles. The van der Waals surface area contributed by atoms with Gasteiger partial charge in [0.25, 0.3) is 0 Å². The molecule has 1 aliphatic heterocycles. The lowest BCUT2D eigenvalue weighted by Crippen LogP contribution is -2.39. The first-order chi connectivity index (χ1) is 9.41. The number of hydrogen-bond acceptors (Lipinski definition) is 2. The molecular weight excluding hydrogens is 271 g/mol. The van der Waals surface area contributed by atoms with E-state index in [1.165, 1.54) is 17.9 Å². The molecule has 0 radical (unpaired) electrons. The Morgan fingerprint density at radius 3 is 2.60 bits per heavy atom. The van der Waals surface area contributed by atoms with Crippen LogP contribution in [-0.4, -0.2) is 40.8 Å². The first-order valence-electron chi connectivity index (χ1n) is 6.47. The van der Waals surface area contributed by atoms with Crippen molar-refractivity contribution in [3.63, 3.8) is 0 Å². The number of guanidine groups is 1. The summed E-state index contributed by atoms with van der Waals surface area (Å²) >= 11 is 0. The minimum absolute atomic E-state index is 0.0614. The second kappa shape index (κ2) is 5.72. The van der Waals surface area contributed by atoms with Gasteiger partial charge in [-0.2, -0.15) is 18.3 Å². The Bertz CT molecular complexity index is 486. The average Bonchev–Trinajstić information content (AvgIpc) is 2.99. The number of aromatic nitrogens is 2. The van der Waals surface area contributed by atoms with Crippen LogP contribution in [0.1, 0.15) is 24.1 Å². The van der Waals surface area contributed by atoms with Crippen molar-refractivity contribution in [2.45, 2.75) is 25.6 Å². The van der Waals surface area contributed by atoms with Crippen LogP contribution >= 0.6 is 0 Å². The van der Waals surface area contributed by atoms with Crippen LogP contribution in [0.25, 0.3) is 0 Å². The van der Waals surface area contributed by atoms with Crippen LogP contribution in [0.5, 0.6) is 0 Å². The smallest absolute Gasteiger partial charge is 0.352 e. The number of aryl methyl sites for hydroxylation is 1. The lowest BCUT2D eigenvalue weighted by atomic mass is 10.2. The Kier molecular flexibility index (Phi) is 4.20. The third-order valence-electron chi connectivity index (χ3n) is 3.23. The van der Waals surface area contributed by atoms with E-state index in [0.717, 1.165) is 25.9 Å². The van der Waals surface area contributed by atoms with Gasteiger partial charge in [0, 0.05) is 45.5 Å². The predicted octanol–water partition coefficient (Wildman–Crippen LogP) is 1.61. The van der Waals surface area contributed by atoms with Crippen molar-refractivity contribution in [2.75, 3.05) is 20.1 Å². The monoisotopic (exact) mass is 289 g/mol. The van der Waals surface area contributed by atoms with Crippen molar-refractivity contribution in [3.8, 4) is 0 Å². The summed E-state index contributed by atoms with van der Waals surface area (Å²) in [5, 5.41) is 6.46. The summed E-state index contributed by atoms with van der Waals surface area (Å²) < 4.78 is 39.7. The van der Waals surface area contributed by atoms with E-state index in [1.807, 2.05) is 4.90 Å². The minimum Gasteiger partial charge on any atom is -0.352 e. The molecule has 8 heteroatoms. The molecule has 1 N–H and O–H groups in total. The quantitative estimate of drug-likeness (QED) is 0.664. The summed E-state index contributed by atoms with van der Waals surface area (Å²) in [6.45, 7) is 1.84. The molecule has 112 valence electrons. The lowest BCUT2D eigenvalue weighted by Gasteiger charge is -2.20. The largest absolute Gasteiger partial charge is 0.435 e. The fraction of sp³-hybridized carbons (Fsp3) is 0.667. The van der Waals surface area contributed by atoms with Crippen molar-refractivity contribution in [1.29, 1.82) is 0 Å². The van der Waals surface area contributed by atoms with Crippen LogP contribution in [0.15, 0.2) is 11.2 Å². The van der Waals surface area contributed by atoms with E-state index in [4.69, 9.17) is 0 Å². The highest BCUT2D eigenvalue weighted by atomic mass is 19.4. The van der Waals surface area contributed by atoms with Crippen LogP contribution in [0.4, 0.5) is 13.2 Å². The van der Waals surface area contributed by atoms with Crippen molar-refractivity contribution in [3.05, 3.63) is 17.5 Å². The van der Waals surface area contributed by atoms with Crippen molar-refractivity contribution < 1.29 is 13.2 Å². The Hall–Kier alpha value is -1.73. The highest BCUT2D eigenvalue weighted by molar-refractivity contribution is 5.80. The van der Waals surface area contributed by atoms with Gasteiger partial charge >= 0.3 is 6.18 Å². The van der Waals surface area contributed by atoms with Gasteiger partial charge in [-0.05, 0) is 12.8 Å². The molecule has 0 aromatic carbocycles. The molecule has 1 aromatic rings. The molecule has 0 unspecified atom stereocenters. The number of hydrogen-bond donors (Lipinski definition) is 1. The molecule has 0 bridgehead atoms. The SMILES string of the molecule is CN=C(NCc1cn(C)nc1C(F)(F)F)N1CCCC1. The summed E-state index contributed by atoms with van der Waals surface area (Å²) in [5.74, 6) is 0.638. The first-order valence-corrected chi connectivity index (χ1v) is 6.47. The van der Waals surface area contributed by atoms with Gasteiger partial charge in [0.2, 0.25) is 0 Å². The molecule has 5 nitrogen and oxygen atoms in total. The zero-order valence-corrected chi connectivity index (χ0v) is 11.5. The summed E-state index contributed by atoms with van der Waals surface area (Å²) in [7, 11) is 3.11. The van der Waals surface area contributed by atoms with Crippen molar-refractivity contribution in [1.82, 2.24) is 20.0 Å². The second-order valence-corrected chi connectivity index (χ2v) is 4.77. The molecule has 2 rings (SSSR count). The molecule has 0 aliphatic carbocycles. The van der Waals surface area contributed by atoms with Gasteiger partial charge < -0.3 is 10.2 Å². The maximum Gasteiger partial charge on any atom is 0.435 e. The second-order valence-electron chi connectivity index (χ2n) is 4.77.